The van der Waals surface area contributed by atoms with Gasteiger partial charge in [-0.25, -0.2) is 0 Å². The summed E-state index contributed by atoms with van der Waals surface area (Å²) in [4.78, 5) is 24.4. The molecular weight excluding hydrogens is 695 g/mol. The van der Waals surface area contributed by atoms with Crippen LogP contribution in [-0.2, 0) is 14.3 Å². The first-order chi connectivity index (χ1) is 27.5. The van der Waals surface area contributed by atoms with Crippen LogP contribution in [0.1, 0.15) is 271 Å². The molecule has 0 aliphatic rings. The number of rotatable bonds is 46. The van der Waals surface area contributed by atoms with Crippen molar-refractivity contribution in [2.24, 2.45) is 0 Å². The standard InChI is InChI=1S/C50H97NO5/c1-3-5-7-9-11-13-15-17-18-19-24-28-32-36-40-44-50(55)56-45-41-37-33-29-25-21-20-23-27-31-35-39-43-49(54)51-47(46-52)48(53)42-38-34-30-26-22-16-14-12-10-8-6-4-2/h17-18,47-48,52-53H,3-16,19-46H2,1-2H3,(H,51,54)/b18-17-. The molecule has 0 saturated heterocycles. The lowest BCUT2D eigenvalue weighted by atomic mass is 10.0. The fourth-order valence-electron chi connectivity index (χ4n) is 7.69. The highest BCUT2D eigenvalue weighted by Gasteiger charge is 2.20. The molecule has 2 unspecified atom stereocenters. The number of carbonyl (C=O) groups excluding carboxylic acids is 2. The van der Waals surface area contributed by atoms with Gasteiger partial charge in [-0.3, -0.25) is 9.59 Å². The maximum absolute atomic E-state index is 12.4. The fraction of sp³-hybridized carbons (Fsp3) is 0.920. The highest BCUT2D eigenvalue weighted by Crippen LogP contribution is 2.16. The second-order valence-electron chi connectivity index (χ2n) is 17.1. The van der Waals surface area contributed by atoms with Crippen LogP contribution in [0.3, 0.4) is 0 Å². The average molecular weight is 792 g/mol. The summed E-state index contributed by atoms with van der Waals surface area (Å²) in [6.45, 7) is 4.90. The first-order valence-electron chi connectivity index (χ1n) is 24.9. The predicted octanol–water partition coefficient (Wildman–Crippen LogP) is 14.6. The summed E-state index contributed by atoms with van der Waals surface area (Å²) in [5, 5.41) is 23.1. The van der Waals surface area contributed by atoms with Gasteiger partial charge in [0.1, 0.15) is 0 Å². The normalized spacial score (nSPS) is 12.7. The highest BCUT2D eigenvalue weighted by atomic mass is 16.5. The second kappa shape index (κ2) is 46.3. The van der Waals surface area contributed by atoms with Gasteiger partial charge >= 0.3 is 5.97 Å². The number of nitrogens with one attached hydrogen (secondary N) is 1. The number of carbonyl (C=O) groups is 2. The highest BCUT2D eigenvalue weighted by molar-refractivity contribution is 5.76. The minimum atomic E-state index is -0.672. The summed E-state index contributed by atoms with van der Waals surface area (Å²) in [5.74, 6) is -0.0684. The molecule has 56 heavy (non-hydrogen) atoms. The van der Waals surface area contributed by atoms with Crippen molar-refractivity contribution in [2.75, 3.05) is 13.2 Å². The summed E-state index contributed by atoms with van der Waals surface area (Å²) < 4.78 is 5.45. The molecule has 0 aromatic carbocycles. The molecule has 1 amide bonds. The van der Waals surface area contributed by atoms with E-state index in [0.717, 1.165) is 57.8 Å². The van der Waals surface area contributed by atoms with E-state index in [1.54, 1.807) is 0 Å². The predicted molar refractivity (Wildman–Crippen MR) is 241 cm³/mol. The number of aliphatic hydroxyl groups excluding tert-OH is 2. The van der Waals surface area contributed by atoms with Crippen molar-refractivity contribution in [1.82, 2.24) is 5.32 Å². The van der Waals surface area contributed by atoms with Gasteiger partial charge in [-0.2, -0.15) is 0 Å². The maximum Gasteiger partial charge on any atom is 0.305 e. The van der Waals surface area contributed by atoms with Gasteiger partial charge in [0.15, 0.2) is 0 Å². The van der Waals surface area contributed by atoms with Crippen LogP contribution in [0.2, 0.25) is 0 Å². The molecule has 0 fully saturated rings. The number of allylic oxidation sites excluding steroid dienone is 2. The van der Waals surface area contributed by atoms with Gasteiger partial charge in [0.25, 0.3) is 0 Å². The molecule has 0 aliphatic carbocycles. The van der Waals surface area contributed by atoms with Crippen LogP contribution in [0.4, 0.5) is 0 Å². The van der Waals surface area contributed by atoms with E-state index >= 15 is 0 Å². The zero-order valence-corrected chi connectivity index (χ0v) is 37.6. The van der Waals surface area contributed by atoms with Crippen molar-refractivity contribution in [3.63, 3.8) is 0 Å². The molecule has 6 heteroatoms. The summed E-state index contributed by atoms with van der Waals surface area (Å²) in [6.07, 6.45) is 51.7. The third-order valence-electron chi connectivity index (χ3n) is 11.6. The lowest BCUT2D eigenvalue weighted by Crippen LogP contribution is -2.45. The van der Waals surface area contributed by atoms with Crippen LogP contribution >= 0.6 is 0 Å². The zero-order chi connectivity index (χ0) is 40.8. The number of hydrogen-bond donors (Lipinski definition) is 3. The molecule has 2 atom stereocenters. The lowest BCUT2D eigenvalue weighted by molar-refractivity contribution is -0.143. The van der Waals surface area contributed by atoms with Gasteiger partial charge in [-0.15, -0.1) is 0 Å². The third-order valence-corrected chi connectivity index (χ3v) is 11.6. The Hall–Kier alpha value is -1.40. The minimum absolute atomic E-state index is 0.0172. The summed E-state index contributed by atoms with van der Waals surface area (Å²) in [5.41, 5.74) is 0. The maximum atomic E-state index is 12.4. The van der Waals surface area contributed by atoms with Crippen molar-refractivity contribution in [2.45, 2.75) is 283 Å². The molecule has 0 heterocycles. The Morgan fingerprint density at radius 1 is 0.482 bits per heavy atom. The number of hydrogen-bond acceptors (Lipinski definition) is 5. The van der Waals surface area contributed by atoms with Crippen molar-refractivity contribution in [1.29, 1.82) is 0 Å². The van der Waals surface area contributed by atoms with Gasteiger partial charge < -0.3 is 20.3 Å². The van der Waals surface area contributed by atoms with Gasteiger partial charge in [0, 0.05) is 12.8 Å². The number of unbranched alkanes of at least 4 members (excludes halogenated alkanes) is 33. The Kier molecular flexibility index (Phi) is 45.1. The van der Waals surface area contributed by atoms with Crippen LogP contribution in [-0.4, -0.2) is 47.4 Å². The molecular formula is C50H97NO5. The fourth-order valence-corrected chi connectivity index (χ4v) is 7.69. The van der Waals surface area contributed by atoms with E-state index in [1.807, 2.05) is 0 Å². The topological polar surface area (TPSA) is 95.9 Å². The molecule has 0 radical (unpaired) electrons. The molecule has 0 bridgehead atoms. The van der Waals surface area contributed by atoms with Gasteiger partial charge in [-0.05, 0) is 51.4 Å². The Labute approximate surface area is 349 Å². The second-order valence-corrected chi connectivity index (χ2v) is 17.1. The largest absolute Gasteiger partial charge is 0.466 e. The van der Waals surface area contributed by atoms with Crippen LogP contribution < -0.4 is 5.32 Å². The molecule has 0 rings (SSSR count). The first-order valence-corrected chi connectivity index (χ1v) is 24.9. The van der Waals surface area contributed by atoms with E-state index in [-0.39, 0.29) is 18.5 Å². The number of esters is 1. The van der Waals surface area contributed by atoms with Crippen LogP contribution in [0.5, 0.6) is 0 Å². The monoisotopic (exact) mass is 792 g/mol. The van der Waals surface area contributed by atoms with Gasteiger partial charge in [-0.1, -0.05) is 219 Å². The third kappa shape index (κ3) is 42.2. The Morgan fingerprint density at radius 3 is 1.27 bits per heavy atom. The van der Waals surface area contributed by atoms with Crippen molar-refractivity contribution < 1.29 is 24.5 Å². The van der Waals surface area contributed by atoms with E-state index in [9.17, 15) is 19.8 Å². The molecule has 3 N–H and O–H groups in total. The molecule has 6 nitrogen and oxygen atoms in total. The van der Waals surface area contributed by atoms with Crippen LogP contribution in [0.15, 0.2) is 12.2 Å². The van der Waals surface area contributed by atoms with Crippen molar-refractivity contribution in [3.05, 3.63) is 12.2 Å². The van der Waals surface area contributed by atoms with Crippen LogP contribution in [0, 0.1) is 0 Å². The summed E-state index contributed by atoms with van der Waals surface area (Å²) in [6, 6.07) is -0.551. The lowest BCUT2D eigenvalue weighted by Gasteiger charge is -2.22. The van der Waals surface area contributed by atoms with Gasteiger partial charge in [0.2, 0.25) is 5.91 Å². The average Bonchev–Trinajstić information content (AvgIpc) is 3.20. The van der Waals surface area contributed by atoms with Crippen LogP contribution in [0.25, 0.3) is 0 Å². The van der Waals surface area contributed by atoms with Crippen molar-refractivity contribution >= 4 is 11.9 Å². The molecule has 0 saturated carbocycles. The zero-order valence-electron chi connectivity index (χ0n) is 37.6. The molecule has 332 valence electrons. The first kappa shape index (κ1) is 54.6. The smallest absolute Gasteiger partial charge is 0.305 e. The molecule has 0 aromatic heterocycles. The Bertz CT molecular complexity index is 832. The molecule has 0 aliphatic heterocycles. The van der Waals surface area contributed by atoms with E-state index in [2.05, 4.69) is 31.3 Å². The van der Waals surface area contributed by atoms with E-state index in [1.165, 1.54) is 180 Å². The summed E-state index contributed by atoms with van der Waals surface area (Å²) in [7, 11) is 0. The molecule has 0 aromatic rings. The van der Waals surface area contributed by atoms with E-state index in [4.69, 9.17) is 4.74 Å². The Balaban J connectivity index is 3.45. The number of aliphatic hydroxyl groups is 2. The SMILES string of the molecule is CCCCCCCC/C=C\CCCCCCCC(=O)OCCCCCCCCCCCCCCC(=O)NC(CO)C(O)CCCCCCCCCCCCCC. The van der Waals surface area contributed by atoms with Gasteiger partial charge in [0.05, 0.1) is 25.4 Å². The number of ether oxygens (including phenoxy) is 1. The minimum Gasteiger partial charge on any atom is -0.466 e. The van der Waals surface area contributed by atoms with Crippen molar-refractivity contribution in [3.8, 4) is 0 Å². The van der Waals surface area contributed by atoms with E-state index < -0.39 is 12.1 Å². The van der Waals surface area contributed by atoms with E-state index in [0.29, 0.717) is 25.9 Å². The molecule has 0 spiro atoms. The Morgan fingerprint density at radius 2 is 0.839 bits per heavy atom. The quantitative estimate of drug-likeness (QED) is 0.0324. The summed E-state index contributed by atoms with van der Waals surface area (Å²) >= 11 is 0. The number of amides is 1.